The van der Waals surface area contributed by atoms with Crippen LogP contribution in [0, 0.1) is 0 Å². The van der Waals surface area contributed by atoms with Gasteiger partial charge in [-0.3, -0.25) is 0 Å². The molecule has 3 nitrogen and oxygen atoms in total. The smallest absolute Gasteiger partial charge is 0.240 e. The van der Waals surface area contributed by atoms with Crippen LogP contribution in [0.1, 0.15) is 48.3 Å². The summed E-state index contributed by atoms with van der Waals surface area (Å²) in [5.74, 6) is 1.52. The van der Waals surface area contributed by atoms with Crippen LogP contribution in [0.15, 0.2) is 34.9 Å². The highest BCUT2D eigenvalue weighted by Gasteiger charge is 2.50. The lowest BCUT2D eigenvalue weighted by molar-refractivity contribution is 0.368. The van der Waals surface area contributed by atoms with Crippen molar-refractivity contribution in [3.05, 3.63) is 47.6 Å². The third kappa shape index (κ3) is 1.88. The maximum atomic E-state index is 5.36. The Morgan fingerprint density at radius 2 is 2.06 bits per heavy atom. The molecule has 1 aliphatic carbocycles. The fourth-order valence-corrected chi connectivity index (χ4v) is 2.44. The number of benzene rings is 1. The fraction of sp³-hybridized carbons (Fsp3) is 0.429. The van der Waals surface area contributed by atoms with Gasteiger partial charge in [0.2, 0.25) is 5.89 Å². The topological polar surface area (TPSA) is 38.9 Å². The van der Waals surface area contributed by atoms with Gasteiger partial charge in [0.15, 0.2) is 5.82 Å². The molecule has 0 bridgehead atoms. The first kappa shape index (κ1) is 11.9. The minimum absolute atomic E-state index is 0.00344. The molecule has 0 aliphatic heterocycles. The third-order valence-corrected chi connectivity index (χ3v) is 4.61. The van der Waals surface area contributed by atoms with Gasteiger partial charge in [0.1, 0.15) is 0 Å². The number of hydrogen-bond acceptors (Lipinski definition) is 3. The van der Waals surface area contributed by atoms with Crippen LogP contribution in [0.2, 0.25) is 0 Å². The molecule has 0 amide bonds. The van der Waals surface area contributed by atoms with Gasteiger partial charge in [0.05, 0.1) is 10.2 Å². The van der Waals surface area contributed by atoms with Crippen LogP contribution in [-0.4, -0.2) is 10.1 Å². The number of halogens is 1. The Morgan fingerprint density at radius 1 is 1.33 bits per heavy atom. The van der Waals surface area contributed by atoms with Crippen molar-refractivity contribution in [1.29, 1.82) is 0 Å². The molecule has 1 aliphatic rings. The molecule has 1 aromatic carbocycles. The fourth-order valence-electron chi connectivity index (χ4n) is 2.25. The number of nitrogens with zero attached hydrogens (tertiary/aromatic N) is 2. The highest BCUT2D eigenvalue weighted by Crippen LogP contribution is 2.52. The van der Waals surface area contributed by atoms with E-state index in [1.54, 1.807) is 0 Å². The Morgan fingerprint density at radius 3 is 2.67 bits per heavy atom. The van der Waals surface area contributed by atoms with Crippen molar-refractivity contribution in [2.24, 2.45) is 0 Å². The predicted molar refractivity (Wildman–Crippen MR) is 72.7 cm³/mol. The second-order valence-corrected chi connectivity index (χ2v) is 5.89. The second-order valence-electron chi connectivity index (χ2n) is 4.78. The van der Waals surface area contributed by atoms with E-state index in [1.165, 1.54) is 5.56 Å². The van der Waals surface area contributed by atoms with Crippen LogP contribution >= 0.6 is 15.9 Å². The average Bonchev–Trinajstić information content (AvgIpc) is 3.10. The van der Waals surface area contributed by atoms with Crippen LogP contribution in [0.25, 0.3) is 0 Å². The van der Waals surface area contributed by atoms with Crippen LogP contribution in [0.3, 0.4) is 0 Å². The van der Waals surface area contributed by atoms with E-state index in [2.05, 4.69) is 57.3 Å². The van der Waals surface area contributed by atoms with E-state index in [4.69, 9.17) is 4.52 Å². The molecule has 3 rings (SSSR count). The summed E-state index contributed by atoms with van der Waals surface area (Å²) in [6, 6.07) is 10.5. The summed E-state index contributed by atoms with van der Waals surface area (Å²) in [5, 5.41) is 4.18. The van der Waals surface area contributed by atoms with Gasteiger partial charge >= 0.3 is 0 Å². The van der Waals surface area contributed by atoms with Crippen LogP contribution < -0.4 is 0 Å². The molecule has 0 saturated heterocycles. The number of hydrogen-bond donors (Lipinski definition) is 0. The Kier molecular flexibility index (Phi) is 2.98. The molecular weight excluding hydrogens is 292 g/mol. The van der Waals surface area contributed by atoms with Gasteiger partial charge in [0, 0.05) is 0 Å². The van der Waals surface area contributed by atoms with Crippen LogP contribution in [0.4, 0.5) is 0 Å². The van der Waals surface area contributed by atoms with E-state index >= 15 is 0 Å². The van der Waals surface area contributed by atoms with Gasteiger partial charge in [-0.2, -0.15) is 4.98 Å². The first-order valence-electron chi connectivity index (χ1n) is 6.30. The summed E-state index contributed by atoms with van der Waals surface area (Å²) in [6.45, 7) is 2.09. The Balaban J connectivity index is 1.93. The van der Waals surface area contributed by atoms with Crippen molar-refractivity contribution in [2.75, 3.05) is 0 Å². The van der Waals surface area contributed by atoms with Gasteiger partial charge in [-0.15, -0.1) is 0 Å². The van der Waals surface area contributed by atoms with Gasteiger partial charge in [-0.25, -0.2) is 0 Å². The molecular formula is C14H15BrN2O. The van der Waals surface area contributed by atoms with Crippen molar-refractivity contribution in [2.45, 2.75) is 36.4 Å². The standard InChI is InChI=1S/C14H15BrN2O/c1-2-11(15)12-16-13(17-18-12)14(8-9-14)10-6-4-3-5-7-10/h3-7,11H,2,8-9H2,1H3. The molecule has 0 N–H and O–H groups in total. The van der Waals surface area contributed by atoms with Crippen LogP contribution in [0.5, 0.6) is 0 Å². The van der Waals surface area contributed by atoms with Crippen molar-refractivity contribution in [3.63, 3.8) is 0 Å². The lowest BCUT2D eigenvalue weighted by Gasteiger charge is -2.10. The van der Waals surface area contributed by atoms with Crippen molar-refractivity contribution in [1.82, 2.24) is 10.1 Å². The molecule has 0 radical (unpaired) electrons. The zero-order valence-corrected chi connectivity index (χ0v) is 11.9. The van der Waals surface area contributed by atoms with Crippen molar-refractivity contribution < 1.29 is 4.52 Å². The largest absolute Gasteiger partial charge is 0.338 e. The zero-order valence-electron chi connectivity index (χ0n) is 10.3. The van der Waals surface area contributed by atoms with E-state index < -0.39 is 0 Å². The first-order chi connectivity index (χ1) is 8.76. The number of alkyl halides is 1. The highest BCUT2D eigenvalue weighted by molar-refractivity contribution is 9.09. The van der Waals surface area contributed by atoms with Gasteiger partial charge in [0.25, 0.3) is 0 Å². The molecule has 1 fully saturated rings. The molecule has 1 unspecified atom stereocenters. The lowest BCUT2D eigenvalue weighted by Crippen LogP contribution is -2.10. The normalized spacial score (nSPS) is 18.6. The molecule has 2 aromatic rings. The molecule has 0 spiro atoms. The molecule has 1 aromatic heterocycles. The van der Waals surface area contributed by atoms with E-state index in [9.17, 15) is 0 Å². The minimum Gasteiger partial charge on any atom is -0.338 e. The monoisotopic (exact) mass is 306 g/mol. The molecule has 4 heteroatoms. The van der Waals surface area contributed by atoms with E-state index in [0.29, 0.717) is 5.89 Å². The quantitative estimate of drug-likeness (QED) is 0.802. The van der Waals surface area contributed by atoms with E-state index in [-0.39, 0.29) is 10.2 Å². The van der Waals surface area contributed by atoms with Crippen molar-refractivity contribution >= 4 is 15.9 Å². The third-order valence-electron chi connectivity index (χ3n) is 3.57. The first-order valence-corrected chi connectivity index (χ1v) is 7.21. The lowest BCUT2D eigenvalue weighted by atomic mass is 9.95. The molecule has 1 atom stereocenters. The average molecular weight is 307 g/mol. The highest BCUT2D eigenvalue weighted by atomic mass is 79.9. The molecule has 1 heterocycles. The Hall–Kier alpha value is -1.16. The number of aromatic nitrogens is 2. The summed E-state index contributed by atoms with van der Waals surface area (Å²) in [6.07, 6.45) is 3.16. The summed E-state index contributed by atoms with van der Waals surface area (Å²) in [4.78, 5) is 4.72. The minimum atomic E-state index is 0.00344. The predicted octanol–water partition coefficient (Wildman–Crippen LogP) is 4.00. The van der Waals surface area contributed by atoms with Crippen LogP contribution in [-0.2, 0) is 5.41 Å². The van der Waals surface area contributed by atoms with Gasteiger partial charge < -0.3 is 4.52 Å². The Bertz CT molecular complexity index is 534. The zero-order chi connectivity index (χ0) is 12.6. The molecule has 18 heavy (non-hydrogen) atoms. The van der Waals surface area contributed by atoms with E-state index in [1.807, 2.05) is 6.07 Å². The SMILES string of the molecule is CCC(Br)c1nc(C2(c3ccccc3)CC2)no1. The summed E-state index contributed by atoms with van der Waals surface area (Å²) >= 11 is 3.55. The maximum Gasteiger partial charge on any atom is 0.240 e. The summed E-state index contributed by atoms with van der Waals surface area (Å²) in [5.41, 5.74) is 1.30. The molecule has 94 valence electrons. The number of rotatable bonds is 4. The molecule has 1 saturated carbocycles. The second kappa shape index (κ2) is 4.50. The Labute approximate surface area is 115 Å². The maximum absolute atomic E-state index is 5.36. The van der Waals surface area contributed by atoms with Gasteiger partial charge in [-0.1, -0.05) is 58.3 Å². The van der Waals surface area contributed by atoms with E-state index in [0.717, 1.165) is 25.1 Å². The summed E-state index contributed by atoms with van der Waals surface area (Å²) in [7, 11) is 0. The van der Waals surface area contributed by atoms with Gasteiger partial charge in [-0.05, 0) is 24.8 Å². The summed E-state index contributed by atoms with van der Waals surface area (Å²) < 4.78 is 5.36. The van der Waals surface area contributed by atoms with Crippen molar-refractivity contribution in [3.8, 4) is 0 Å².